The molecule has 0 aliphatic carbocycles. The topological polar surface area (TPSA) is 45.7 Å². The molecule has 4 rings (SSSR count). The van der Waals surface area contributed by atoms with E-state index in [0.717, 1.165) is 39.2 Å². The van der Waals surface area contributed by atoms with Gasteiger partial charge in [-0.05, 0) is 41.8 Å². The Morgan fingerprint density at radius 3 is 2.72 bits per heavy atom. The third kappa shape index (κ3) is 4.65. The molecule has 1 saturated heterocycles. The zero-order valence-electron chi connectivity index (χ0n) is 16.6. The third-order valence-corrected chi connectivity index (χ3v) is 6.44. The van der Waals surface area contributed by atoms with E-state index in [4.69, 9.17) is 21.3 Å². The number of nitrogens with zero attached hydrogens (tertiary/aromatic N) is 3. The Morgan fingerprint density at radius 1 is 1.17 bits per heavy atom. The summed E-state index contributed by atoms with van der Waals surface area (Å²) in [5, 5.41) is 1.71. The van der Waals surface area contributed by atoms with Crippen LogP contribution >= 0.6 is 22.9 Å². The van der Waals surface area contributed by atoms with Gasteiger partial charge in [0.05, 0.1) is 10.2 Å². The van der Waals surface area contributed by atoms with Gasteiger partial charge in [-0.25, -0.2) is 4.98 Å². The second-order valence-corrected chi connectivity index (χ2v) is 8.94. The normalized spacial score (nSPS) is 14.6. The highest BCUT2D eigenvalue weighted by Gasteiger charge is 2.23. The van der Waals surface area contributed by atoms with Crippen molar-refractivity contribution in [1.29, 1.82) is 0 Å². The summed E-state index contributed by atoms with van der Waals surface area (Å²) in [6.45, 7) is 7.23. The van der Waals surface area contributed by atoms with Gasteiger partial charge in [0.15, 0.2) is 11.7 Å². The summed E-state index contributed by atoms with van der Waals surface area (Å²) in [5.41, 5.74) is 2.17. The SMILES string of the molecule is CC(C)c1cccc(OCC(=O)N2CCN(c3nc4ccc(Cl)cc4s3)CC2)c1. The van der Waals surface area contributed by atoms with Crippen LogP contribution in [0.3, 0.4) is 0 Å². The second kappa shape index (κ2) is 8.59. The molecule has 29 heavy (non-hydrogen) atoms. The van der Waals surface area contributed by atoms with Crippen LogP contribution in [0.1, 0.15) is 25.3 Å². The summed E-state index contributed by atoms with van der Waals surface area (Å²) in [4.78, 5) is 21.4. The Bertz CT molecular complexity index is 1010. The first-order valence-electron chi connectivity index (χ1n) is 9.81. The van der Waals surface area contributed by atoms with Crippen LogP contribution in [-0.4, -0.2) is 48.6 Å². The lowest BCUT2D eigenvalue weighted by Crippen LogP contribution is -2.50. The summed E-state index contributed by atoms with van der Waals surface area (Å²) in [5.74, 6) is 1.20. The molecule has 3 aromatic rings. The van der Waals surface area contributed by atoms with Crippen LogP contribution in [0.2, 0.25) is 5.02 Å². The van der Waals surface area contributed by atoms with Crippen molar-refractivity contribution in [2.75, 3.05) is 37.7 Å². The van der Waals surface area contributed by atoms with Crippen LogP contribution < -0.4 is 9.64 Å². The van der Waals surface area contributed by atoms with E-state index in [9.17, 15) is 4.79 Å². The van der Waals surface area contributed by atoms with Crippen LogP contribution in [0.15, 0.2) is 42.5 Å². The zero-order chi connectivity index (χ0) is 20.4. The monoisotopic (exact) mass is 429 g/mol. The Balaban J connectivity index is 1.31. The molecule has 0 bridgehead atoms. The smallest absolute Gasteiger partial charge is 0.260 e. The van der Waals surface area contributed by atoms with E-state index in [1.807, 2.05) is 41.3 Å². The van der Waals surface area contributed by atoms with E-state index in [1.54, 1.807) is 11.3 Å². The maximum atomic E-state index is 12.6. The molecule has 2 heterocycles. The molecule has 1 aromatic heterocycles. The number of anilines is 1. The number of carbonyl (C=O) groups excluding carboxylic acids is 1. The number of rotatable bonds is 5. The molecule has 0 N–H and O–H groups in total. The summed E-state index contributed by atoms with van der Waals surface area (Å²) in [6, 6.07) is 13.7. The number of hydrogen-bond acceptors (Lipinski definition) is 5. The minimum Gasteiger partial charge on any atom is -0.484 e. The maximum Gasteiger partial charge on any atom is 0.260 e. The number of thiazole rings is 1. The molecule has 1 aliphatic rings. The van der Waals surface area contributed by atoms with Crippen molar-refractivity contribution in [3.63, 3.8) is 0 Å². The first-order chi connectivity index (χ1) is 14.0. The van der Waals surface area contributed by atoms with Gasteiger partial charge < -0.3 is 14.5 Å². The zero-order valence-corrected chi connectivity index (χ0v) is 18.2. The third-order valence-electron chi connectivity index (χ3n) is 5.13. The standard InChI is InChI=1S/C22H24ClN3O2S/c1-15(2)16-4-3-5-18(12-16)28-14-21(27)25-8-10-26(11-9-25)22-24-19-7-6-17(23)13-20(19)29-22/h3-7,12-13,15H,8-11,14H2,1-2H3. The van der Waals surface area contributed by atoms with Gasteiger partial charge in [0.1, 0.15) is 5.75 Å². The van der Waals surface area contributed by atoms with Crippen molar-refractivity contribution in [1.82, 2.24) is 9.88 Å². The van der Waals surface area contributed by atoms with Gasteiger partial charge in [-0.1, -0.05) is 48.9 Å². The number of fused-ring (bicyclic) bond motifs is 1. The van der Waals surface area contributed by atoms with E-state index in [0.29, 0.717) is 19.0 Å². The Morgan fingerprint density at radius 2 is 1.97 bits per heavy atom. The lowest BCUT2D eigenvalue weighted by molar-refractivity contribution is -0.133. The predicted molar refractivity (Wildman–Crippen MR) is 119 cm³/mol. The Kier molecular flexibility index (Phi) is 5.92. The number of aromatic nitrogens is 1. The number of benzene rings is 2. The lowest BCUT2D eigenvalue weighted by Gasteiger charge is -2.34. The molecule has 1 amide bonds. The fraction of sp³-hybridized carbons (Fsp3) is 0.364. The Labute approximate surface area is 179 Å². The number of carbonyl (C=O) groups is 1. The van der Waals surface area contributed by atoms with Gasteiger partial charge in [-0.15, -0.1) is 0 Å². The van der Waals surface area contributed by atoms with E-state index in [1.165, 1.54) is 5.56 Å². The average Bonchev–Trinajstić information content (AvgIpc) is 3.15. The average molecular weight is 430 g/mol. The molecular weight excluding hydrogens is 406 g/mol. The first kappa shape index (κ1) is 20.0. The number of ether oxygens (including phenoxy) is 1. The highest BCUT2D eigenvalue weighted by molar-refractivity contribution is 7.22. The van der Waals surface area contributed by atoms with Gasteiger partial charge in [0.2, 0.25) is 0 Å². The minimum absolute atomic E-state index is 0.0238. The van der Waals surface area contributed by atoms with Gasteiger partial charge >= 0.3 is 0 Å². The molecule has 0 atom stereocenters. The van der Waals surface area contributed by atoms with E-state index >= 15 is 0 Å². The minimum atomic E-state index is 0.0238. The number of halogens is 1. The molecule has 0 radical (unpaired) electrons. The van der Waals surface area contributed by atoms with Gasteiger partial charge in [-0.2, -0.15) is 0 Å². The maximum absolute atomic E-state index is 12.6. The fourth-order valence-electron chi connectivity index (χ4n) is 3.37. The molecule has 0 unspecified atom stereocenters. The molecule has 0 spiro atoms. The molecule has 152 valence electrons. The number of amides is 1. The van der Waals surface area contributed by atoms with Crippen molar-refractivity contribution < 1.29 is 9.53 Å². The summed E-state index contributed by atoms with van der Waals surface area (Å²) in [6.07, 6.45) is 0. The van der Waals surface area contributed by atoms with Crippen molar-refractivity contribution in [2.45, 2.75) is 19.8 Å². The number of piperazine rings is 1. The van der Waals surface area contributed by atoms with Crippen LogP contribution in [0.25, 0.3) is 10.2 Å². The van der Waals surface area contributed by atoms with E-state index in [-0.39, 0.29) is 12.5 Å². The highest BCUT2D eigenvalue weighted by atomic mass is 35.5. The van der Waals surface area contributed by atoms with Gasteiger partial charge in [0, 0.05) is 31.2 Å². The molecule has 5 nitrogen and oxygen atoms in total. The van der Waals surface area contributed by atoms with Crippen molar-refractivity contribution >= 4 is 44.2 Å². The fourth-order valence-corrected chi connectivity index (χ4v) is 4.66. The van der Waals surface area contributed by atoms with E-state index in [2.05, 4.69) is 24.8 Å². The quantitative estimate of drug-likeness (QED) is 0.584. The van der Waals surface area contributed by atoms with Crippen molar-refractivity contribution in [3.8, 4) is 5.75 Å². The molecule has 2 aromatic carbocycles. The molecule has 7 heteroatoms. The van der Waals surface area contributed by atoms with Crippen LogP contribution in [0.5, 0.6) is 5.75 Å². The summed E-state index contributed by atoms with van der Waals surface area (Å²) in [7, 11) is 0. The molecular formula is C22H24ClN3O2S. The molecule has 1 aliphatic heterocycles. The van der Waals surface area contributed by atoms with Crippen LogP contribution in [0, 0.1) is 0 Å². The summed E-state index contributed by atoms with van der Waals surface area (Å²) < 4.78 is 6.83. The van der Waals surface area contributed by atoms with Gasteiger partial charge in [-0.3, -0.25) is 4.79 Å². The van der Waals surface area contributed by atoms with E-state index < -0.39 is 0 Å². The highest BCUT2D eigenvalue weighted by Crippen LogP contribution is 2.31. The van der Waals surface area contributed by atoms with Crippen LogP contribution in [0.4, 0.5) is 5.13 Å². The predicted octanol–water partition coefficient (Wildman–Crippen LogP) is 4.80. The Hall–Kier alpha value is -2.31. The number of hydrogen-bond donors (Lipinski definition) is 0. The van der Waals surface area contributed by atoms with Crippen LogP contribution in [-0.2, 0) is 4.79 Å². The van der Waals surface area contributed by atoms with Gasteiger partial charge in [0.25, 0.3) is 5.91 Å². The second-order valence-electron chi connectivity index (χ2n) is 7.49. The first-order valence-corrected chi connectivity index (χ1v) is 11.0. The van der Waals surface area contributed by atoms with Crippen molar-refractivity contribution in [2.24, 2.45) is 0 Å². The molecule has 1 fully saturated rings. The lowest BCUT2D eigenvalue weighted by atomic mass is 10.0. The summed E-state index contributed by atoms with van der Waals surface area (Å²) >= 11 is 7.72. The van der Waals surface area contributed by atoms with Crippen molar-refractivity contribution in [3.05, 3.63) is 53.1 Å². The largest absolute Gasteiger partial charge is 0.484 e. The molecule has 0 saturated carbocycles.